The van der Waals surface area contributed by atoms with Gasteiger partial charge in [-0.15, -0.1) is 0 Å². The van der Waals surface area contributed by atoms with Crippen molar-refractivity contribution in [3.05, 3.63) is 120 Å². The third kappa shape index (κ3) is 3.40. The Labute approximate surface area is 189 Å². The van der Waals surface area contributed by atoms with Crippen molar-refractivity contribution in [3.8, 4) is 0 Å². The molecule has 5 rings (SSSR count). The van der Waals surface area contributed by atoms with Crippen LogP contribution in [0.15, 0.2) is 108 Å². The van der Waals surface area contributed by atoms with Gasteiger partial charge in [0, 0.05) is 12.8 Å². The molecule has 0 bridgehead atoms. The second-order valence-electron chi connectivity index (χ2n) is 8.50. The minimum Gasteiger partial charge on any atom is -0.350 e. The predicted octanol–water partition coefficient (Wildman–Crippen LogP) is 5.04. The predicted molar refractivity (Wildman–Crippen MR) is 127 cm³/mol. The molecule has 1 fully saturated rings. The van der Waals surface area contributed by atoms with Gasteiger partial charge in [-0.25, -0.2) is 10.5 Å². The van der Waals surface area contributed by atoms with Crippen LogP contribution in [0.25, 0.3) is 0 Å². The number of rotatable bonds is 8. The minimum atomic E-state index is -0.664. The van der Waals surface area contributed by atoms with Gasteiger partial charge in [-0.1, -0.05) is 108 Å². The molecule has 0 radical (unpaired) electrons. The van der Waals surface area contributed by atoms with Crippen LogP contribution in [0, 0.1) is 0 Å². The molecule has 162 valence electrons. The van der Waals surface area contributed by atoms with E-state index in [4.69, 9.17) is 4.74 Å². The first-order chi connectivity index (χ1) is 15.7. The SMILES string of the molecule is C=C(C)COC1(N2C=NNN2C(c2ccccc2)(c2ccccc2)c2ccccc2)CC1. The van der Waals surface area contributed by atoms with Crippen LogP contribution in [0.1, 0.15) is 36.5 Å². The van der Waals surface area contributed by atoms with Gasteiger partial charge in [0.1, 0.15) is 11.9 Å². The number of hydrogen-bond acceptors (Lipinski definition) is 5. The van der Waals surface area contributed by atoms with Gasteiger partial charge in [-0.3, -0.25) is 0 Å². The Balaban J connectivity index is 1.71. The zero-order valence-corrected chi connectivity index (χ0v) is 18.3. The highest BCUT2D eigenvalue weighted by atomic mass is 16.5. The van der Waals surface area contributed by atoms with E-state index in [2.05, 4.69) is 100 Å². The van der Waals surface area contributed by atoms with E-state index < -0.39 is 11.3 Å². The zero-order chi connectivity index (χ0) is 22.0. The summed E-state index contributed by atoms with van der Waals surface area (Å²) in [5.41, 5.74) is 6.62. The number of nitrogens with one attached hydrogen (secondary N) is 1. The van der Waals surface area contributed by atoms with E-state index in [1.807, 2.05) is 31.5 Å². The molecular weight excluding hydrogens is 396 g/mol. The van der Waals surface area contributed by atoms with E-state index >= 15 is 0 Å². The van der Waals surface area contributed by atoms with Gasteiger partial charge in [0.25, 0.3) is 0 Å². The maximum absolute atomic E-state index is 6.37. The van der Waals surface area contributed by atoms with E-state index in [1.165, 1.54) is 0 Å². The molecule has 1 saturated carbocycles. The Morgan fingerprint density at radius 3 is 1.78 bits per heavy atom. The molecule has 0 aromatic heterocycles. The number of benzene rings is 3. The van der Waals surface area contributed by atoms with Gasteiger partial charge in [0.2, 0.25) is 0 Å². The quantitative estimate of drug-likeness (QED) is 0.406. The molecule has 1 heterocycles. The molecule has 0 unspecified atom stereocenters. The summed E-state index contributed by atoms with van der Waals surface area (Å²) < 4.78 is 6.37. The number of ether oxygens (including phenoxy) is 1. The number of hydrogen-bond donors (Lipinski definition) is 1. The van der Waals surface area contributed by atoms with Crippen molar-refractivity contribution in [2.75, 3.05) is 6.61 Å². The van der Waals surface area contributed by atoms with Gasteiger partial charge >= 0.3 is 0 Å². The van der Waals surface area contributed by atoms with Crippen LogP contribution in [0.3, 0.4) is 0 Å². The number of hydrazone groups is 1. The monoisotopic (exact) mass is 424 g/mol. The molecule has 32 heavy (non-hydrogen) atoms. The summed E-state index contributed by atoms with van der Waals surface area (Å²) in [4.78, 5) is 0. The maximum atomic E-state index is 6.37. The van der Waals surface area contributed by atoms with Crippen LogP contribution in [-0.4, -0.2) is 28.8 Å². The highest BCUT2D eigenvalue weighted by Crippen LogP contribution is 2.49. The molecule has 0 amide bonds. The average molecular weight is 425 g/mol. The van der Waals surface area contributed by atoms with Crippen molar-refractivity contribution >= 4 is 6.34 Å². The Morgan fingerprint density at radius 1 is 0.906 bits per heavy atom. The van der Waals surface area contributed by atoms with E-state index in [9.17, 15) is 0 Å². The third-order valence-electron chi connectivity index (χ3n) is 6.11. The average Bonchev–Trinajstić information content (AvgIpc) is 3.48. The normalized spacial score (nSPS) is 17.2. The van der Waals surface area contributed by atoms with Crippen LogP contribution in [0.2, 0.25) is 0 Å². The lowest BCUT2D eigenvalue weighted by Crippen LogP contribution is -2.61. The number of hydrazine groups is 2. The summed E-state index contributed by atoms with van der Waals surface area (Å²) in [5.74, 6) is 0. The second kappa shape index (κ2) is 8.26. The summed E-state index contributed by atoms with van der Waals surface area (Å²) in [7, 11) is 0. The Morgan fingerprint density at radius 2 is 1.38 bits per heavy atom. The lowest BCUT2D eigenvalue weighted by molar-refractivity contribution is -0.172. The summed E-state index contributed by atoms with van der Waals surface area (Å²) in [6, 6.07) is 31.7. The third-order valence-corrected chi connectivity index (χ3v) is 6.11. The van der Waals surface area contributed by atoms with Crippen LogP contribution < -0.4 is 5.53 Å². The molecule has 0 atom stereocenters. The largest absolute Gasteiger partial charge is 0.350 e. The van der Waals surface area contributed by atoms with Crippen LogP contribution in [0.4, 0.5) is 0 Å². The topological polar surface area (TPSA) is 40.1 Å². The highest BCUT2D eigenvalue weighted by molar-refractivity contribution is 5.59. The van der Waals surface area contributed by atoms with Gasteiger partial charge in [0.15, 0.2) is 5.72 Å². The Bertz CT molecular complexity index is 998. The smallest absolute Gasteiger partial charge is 0.158 e. The zero-order valence-electron chi connectivity index (χ0n) is 18.3. The summed E-state index contributed by atoms with van der Waals surface area (Å²) >= 11 is 0. The standard InChI is InChI=1S/C27H28N4O/c1-22(2)20-32-26(18-19-26)30-21-28-29-31(30)27(23-12-6-3-7-13-23,24-14-8-4-9-15-24)25-16-10-5-11-17-25/h3-17,21,29H,1,18-20H2,2H3. The molecule has 3 aromatic carbocycles. The van der Waals surface area contributed by atoms with Crippen molar-refractivity contribution in [2.45, 2.75) is 31.0 Å². The molecule has 1 aliphatic carbocycles. The van der Waals surface area contributed by atoms with Crippen molar-refractivity contribution in [3.63, 3.8) is 0 Å². The fourth-order valence-corrected chi connectivity index (χ4v) is 4.47. The first-order valence-electron chi connectivity index (χ1n) is 11.0. The summed E-state index contributed by atoms with van der Waals surface area (Å²) in [6.45, 7) is 6.53. The molecule has 5 heteroatoms. The van der Waals surface area contributed by atoms with E-state index in [0.29, 0.717) is 6.61 Å². The summed E-state index contributed by atoms with van der Waals surface area (Å²) in [5, 5.41) is 8.75. The fourth-order valence-electron chi connectivity index (χ4n) is 4.47. The summed E-state index contributed by atoms with van der Waals surface area (Å²) in [6.07, 6.45) is 3.70. The maximum Gasteiger partial charge on any atom is 0.158 e. The molecule has 3 aromatic rings. The van der Waals surface area contributed by atoms with E-state index in [1.54, 1.807) is 0 Å². The Kier molecular flexibility index (Phi) is 5.29. The van der Waals surface area contributed by atoms with E-state index in [-0.39, 0.29) is 0 Å². The molecule has 0 spiro atoms. The first kappa shape index (κ1) is 20.5. The van der Waals surface area contributed by atoms with Crippen molar-refractivity contribution in [2.24, 2.45) is 5.10 Å². The van der Waals surface area contributed by atoms with Gasteiger partial charge in [0.05, 0.1) is 6.61 Å². The van der Waals surface area contributed by atoms with Gasteiger partial charge in [-0.2, -0.15) is 5.10 Å². The second-order valence-corrected chi connectivity index (χ2v) is 8.50. The molecular formula is C27H28N4O. The minimum absolute atomic E-state index is 0.435. The van der Waals surface area contributed by atoms with E-state index in [0.717, 1.165) is 35.1 Å². The van der Waals surface area contributed by atoms with Crippen molar-refractivity contribution in [1.82, 2.24) is 15.7 Å². The van der Waals surface area contributed by atoms with Crippen LogP contribution >= 0.6 is 0 Å². The lowest BCUT2D eigenvalue weighted by atomic mass is 9.77. The molecule has 0 saturated heterocycles. The molecule has 2 aliphatic rings. The molecule has 1 N–H and O–H groups in total. The van der Waals surface area contributed by atoms with Crippen LogP contribution in [-0.2, 0) is 10.3 Å². The van der Waals surface area contributed by atoms with Gasteiger partial charge < -0.3 is 4.74 Å². The first-order valence-corrected chi connectivity index (χ1v) is 11.0. The van der Waals surface area contributed by atoms with Gasteiger partial charge in [-0.05, 0) is 23.6 Å². The Hall–Kier alpha value is -3.41. The number of nitrogens with zero attached hydrogens (tertiary/aromatic N) is 3. The van der Waals surface area contributed by atoms with Crippen molar-refractivity contribution in [1.29, 1.82) is 0 Å². The van der Waals surface area contributed by atoms with Crippen molar-refractivity contribution < 1.29 is 4.74 Å². The molecule has 1 aliphatic heterocycles. The molecule has 5 nitrogen and oxygen atoms in total. The van der Waals surface area contributed by atoms with Crippen LogP contribution in [0.5, 0.6) is 0 Å². The lowest BCUT2D eigenvalue weighted by Gasteiger charge is -2.47. The highest BCUT2D eigenvalue weighted by Gasteiger charge is 2.58. The fraction of sp³-hybridized carbons (Fsp3) is 0.222.